The maximum atomic E-state index is 13.5. The van der Waals surface area contributed by atoms with E-state index in [1.807, 2.05) is 0 Å². The van der Waals surface area contributed by atoms with Gasteiger partial charge in [0, 0.05) is 11.8 Å². The van der Waals surface area contributed by atoms with Crippen LogP contribution in [0.1, 0.15) is 5.69 Å². The second-order valence-corrected chi connectivity index (χ2v) is 5.94. The van der Waals surface area contributed by atoms with Gasteiger partial charge in [-0.15, -0.1) is 0 Å². The second-order valence-electron chi connectivity index (χ2n) is 5.94. The zero-order valence-electron chi connectivity index (χ0n) is 14.4. The Hall–Kier alpha value is -3.67. The molecule has 11 heteroatoms. The van der Waals surface area contributed by atoms with Crippen molar-refractivity contribution in [2.75, 3.05) is 0 Å². The standard InChI is InChI=1S/C18H11F2N5O4/c19-11-1-2-13(22-8-11)17-24-16(25-29-17)14-4-9(5-15(23-14)18(26,27)28)10-3-12(20)7-21-6-10/h1-8,26-28H. The summed E-state index contributed by atoms with van der Waals surface area (Å²) in [5.74, 6) is -4.54. The van der Waals surface area contributed by atoms with Gasteiger partial charge in [-0.1, -0.05) is 5.16 Å². The minimum atomic E-state index is -3.27. The molecule has 4 rings (SSSR count). The zero-order valence-corrected chi connectivity index (χ0v) is 14.4. The van der Waals surface area contributed by atoms with Gasteiger partial charge in [0.1, 0.15) is 28.7 Å². The number of nitrogens with zero attached hydrogens (tertiary/aromatic N) is 5. The summed E-state index contributed by atoms with van der Waals surface area (Å²) >= 11 is 0. The SMILES string of the molecule is OC(O)(O)c1cc(-c2cncc(F)c2)cc(-c2noc(-c3ccc(F)cn3)n2)n1. The Bertz CT molecular complexity index is 1180. The van der Waals surface area contributed by atoms with Crippen molar-refractivity contribution in [2.45, 2.75) is 5.97 Å². The first-order chi connectivity index (χ1) is 13.8. The highest BCUT2D eigenvalue weighted by atomic mass is 19.1. The molecule has 9 nitrogen and oxygen atoms in total. The van der Waals surface area contributed by atoms with Crippen molar-refractivity contribution in [1.29, 1.82) is 0 Å². The van der Waals surface area contributed by atoms with E-state index in [0.717, 1.165) is 30.6 Å². The summed E-state index contributed by atoms with van der Waals surface area (Å²) in [5, 5.41) is 32.4. The van der Waals surface area contributed by atoms with Crippen LogP contribution in [-0.4, -0.2) is 40.4 Å². The summed E-state index contributed by atoms with van der Waals surface area (Å²) in [7, 11) is 0. The van der Waals surface area contributed by atoms with Crippen LogP contribution in [0, 0.1) is 11.6 Å². The molecule has 29 heavy (non-hydrogen) atoms. The average molecular weight is 399 g/mol. The lowest BCUT2D eigenvalue weighted by atomic mass is 10.1. The van der Waals surface area contributed by atoms with Crippen LogP contribution in [0.2, 0.25) is 0 Å². The minimum Gasteiger partial charge on any atom is -0.338 e. The van der Waals surface area contributed by atoms with Crippen molar-refractivity contribution < 1.29 is 28.6 Å². The maximum Gasteiger partial charge on any atom is 0.322 e. The van der Waals surface area contributed by atoms with Crippen LogP contribution in [-0.2, 0) is 5.97 Å². The van der Waals surface area contributed by atoms with Crippen molar-refractivity contribution in [1.82, 2.24) is 25.1 Å². The molecular weight excluding hydrogens is 388 g/mol. The fourth-order valence-electron chi connectivity index (χ4n) is 2.49. The van der Waals surface area contributed by atoms with Crippen molar-refractivity contribution in [3.8, 4) is 34.2 Å². The number of aliphatic hydroxyl groups is 3. The van der Waals surface area contributed by atoms with Gasteiger partial charge in [0.2, 0.25) is 5.82 Å². The number of aromatic nitrogens is 5. The first-order valence-electron chi connectivity index (χ1n) is 8.06. The Morgan fingerprint density at radius 2 is 1.66 bits per heavy atom. The molecule has 146 valence electrons. The van der Waals surface area contributed by atoms with Crippen LogP contribution in [0.25, 0.3) is 34.2 Å². The van der Waals surface area contributed by atoms with Gasteiger partial charge >= 0.3 is 5.97 Å². The Balaban J connectivity index is 1.81. The fourth-order valence-corrected chi connectivity index (χ4v) is 2.49. The summed E-state index contributed by atoms with van der Waals surface area (Å²) in [6.45, 7) is 0. The third kappa shape index (κ3) is 3.96. The lowest BCUT2D eigenvalue weighted by molar-refractivity contribution is -0.326. The van der Waals surface area contributed by atoms with Crippen LogP contribution in [0.5, 0.6) is 0 Å². The fraction of sp³-hybridized carbons (Fsp3) is 0.0556. The van der Waals surface area contributed by atoms with E-state index in [1.54, 1.807) is 0 Å². The monoisotopic (exact) mass is 399 g/mol. The molecular formula is C18H11F2N5O4. The Kier molecular flexibility index (Phi) is 4.54. The maximum absolute atomic E-state index is 13.5. The summed E-state index contributed by atoms with van der Waals surface area (Å²) in [4.78, 5) is 15.6. The quantitative estimate of drug-likeness (QED) is 0.437. The molecule has 0 spiro atoms. The predicted molar refractivity (Wildman–Crippen MR) is 92.2 cm³/mol. The molecule has 0 bridgehead atoms. The highest BCUT2D eigenvalue weighted by Crippen LogP contribution is 2.28. The van der Waals surface area contributed by atoms with E-state index in [9.17, 15) is 24.1 Å². The molecule has 0 aliphatic heterocycles. The molecule has 0 saturated carbocycles. The smallest absolute Gasteiger partial charge is 0.322 e. The number of hydrogen-bond donors (Lipinski definition) is 3. The highest BCUT2D eigenvalue weighted by Gasteiger charge is 2.26. The van der Waals surface area contributed by atoms with E-state index >= 15 is 0 Å². The minimum absolute atomic E-state index is 0.0135. The number of halogens is 2. The number of rotatable bonds is 4. The van der Waals surface area contributed by atoms with Crippen LogP contribution in [0.15, 0.2) is 53.4 Å². The van der Waals surface area contributed by atoms with E-state index < -0.39 is 23.3 Å². The Morgan fingerprint density at radius 1 is 0.828 bits per heavy atom. The molecule has 0 aromatic carbocycles. The number of hydrogen-bond acceptors (Lipinski definition) is 9. The predicted octanol–water partition coefficient (Wildman–Crippen LogP) is 1.62. The van der Waals surface area contributed by atoms with Crippen molar-refractivity contribution in [3.05, 3.63) is 66.3 Å². The molecule has 0 aliphatic rings. The van der Waals surface area contributed by atoms with Crippen LogP contribution >= 0.6 is 0 Å². The number of pyridine rings is 3. The van der Waals surface area contributed by atoms with Gasteiger partial charge in [-0.3, -0.25) is 4.98 Å². The molecule has 0 amide bonds. The van der Waals surface area contributed by atoms with Gasteiger partial charge in [0.15, 0.2) is 0 Å². The average Bonchev–Trinajstić information content (AvgIpc) is 3.18. The van der Waals surface area contributed by atoms with Crippen molar-refractivity contribution in [3.63, 3.8) is 0 Å². The molecule has 0 aliphatic carbocycles. The molecule has 0 fully saturated rings. The highest BCUT2D eigenvalue weighted by molar-refractivity contribution is 5.68. The van der Waals surface area contributed by atoms with Gasteiger partial charge < -0.3 is 19.8 Å². The third-order valence-corrected chi connectivity index (χ3v) is 3.81. The first-order valence-corrected chi connectivity index (χ1v) is 8.06. The van der Waals surface area contributed by atoms with E-state index in [0.29, 0.717) is 0 Å². The van der Waals surface area contributed by atoms with Crippen LogP contribution in [0.4, 0.5) is 8.78 Å². The molecule has 0 atom stereocenters. The molecule has 0 radical (unpaired) electrons. The van der Waals surface area contributed by atoms with Crippen LogP contribution < -0.4 is 0 Å². The van der Waals surface area contributed by atoms with Gasteiger partial charge in [0.05, 0.1) is 12.4 Å². The third-order valence-electron chi connectivity index (χ3n) is 3.81. The van der Waals surface area contributed by atoms with E-state index in [1.165, 1.54) is 18.3 Å². The summed E-state index contributed by atoms with van der Waals surface area (Å²) < 4.78 is 31.6. The molecule has 0 saturated heterocycles. The second kappa shape index (κ2) is 7.05. The lowest BCUT2D eigenvalue weighted by Crippen LogP contribution is -2.25. The summed E-state index contributed by atoms with van der Waals surface area (Å²) in [6.07, 6.45) is 3.32. The van der Waals surface area contributed by atoms with Crippen molar-refractivity contribution in [2.24, 2.45) is 0 Å². The summed E-state index contributed by atoms with van der Waals surface area (Å²) in [6, 6.07) is 6.22. The van der Waals surface area contributed by atoms with E-state index in [-0.39, 0.29) is 34.2 Å². The topological polar surface area (TPSA) is 138 Å². The largest absolute Gasteiger partial charge is 0.338 e. The van der Waals surface area contributed by atoms with Gasteiger partial charge in [-0.05, 0) is 35.9 Å². The normalized spacial score (nSPS) is 11.6. The Morgan fingerprint density at radius 3 is 2.34 bits per heavy atom. The summed E-state index contributed by atoms with van der Waals surface area (Å²) in [5.41, 5.74) is 0.172. The molecule has 3 N–H and O–H groups in total. The van der Waals surface area contributed by atoms with Gasteiger partial charge in [0.25, 0.3) is 5.89 Å². The van der Waals surface area contributed by atoms with Gasteiger partial charge in [-0.2, -0.15) is 4.98 Å². The van der Waals surface area contributed by atoms with Crippen molar-refractivity contribution >= 4 is 0 Å². The van der Waals surface area contributed by atoms with E-state index in [2.05, 4.69) is 25.1 Å². The lowest BCUT2D eigenvalue weighted by Gasteiger charge is -2.15. The van der Waals surface area contributed by atoms with E-state index in [4.69, 9.17) is 4.52 Å². The molecule has 4 aromatic heterocycles. The zero-order chi connectivity index (χ0) is 20.6. The Labute approximate surface area is 161 Å². The molecule has 4 heterocycles. The van der Waals surface area contributed by atoms with Crippen LogP contribution in [0.3, 0.4) is 0 Å². The molecule has 0 unspecified atom stereocenters. The first kappa shape index (κ1) is 18.7. The molecule has 4 aromatic rings. The van der Waals surface area contributed by atoms with Gasteiger partial charge in [-0.25, -0.2) is 18.7 Å².